The van der Waals surface area contributed by atoms with Crippen LogP contribution in [-0.2, 0) is 16.4 Å². The van der Waals surface area contributed by atoms with Crippen LogP contribution >= 0.6 is 0 Å². The number of nitrogen functional groups attached to an aromatic ring is 1. The molecule has 1 unspecified atom stereocenters. The summed E-state index contributed by atoms with van der Waals surface area (Å²) in [6, 6.07) is 4.95. The molecule has 0 aliphatic heterocycles. The molecular weight excluding hydrogens is 276 g/mol. The number of aliphatic hydroxyl groups excluding tert-OH is 1. The number of rotatable bonds is 8. The Morgan fingerprint density at radius 3 is 2.60 bits per heavy atom. The number of aryl methyl sites for hydroxylation is 1. The molecule has 0 spiro atoms. The molecule has 0 fully saturated rings. The molecule has 0 radical (unpaired) electrons. The molecule has 1 aromatic carbocycles. The quantitative estimate of drug-likeness (QED) is 0.635. The Morgan fingerprint density at radius 2 is 2.05 bits per heavy atom. The molecule has 0 heterocycles. The van der Waals surface area contributed by atoms with Crippen molar-refractivity contribution in [2.75, 3.05) is 18.9 Å². The van der Waals surface area contributed by atoms with E-state index >= 15 is 0 Å². The van der Waals surface area contributed by atoms with Crippen molar-refractivity contribution in [3.05, 3.63) is 23.8 Å². The third-order valence-electron chi connectivity index (χ3n) is 3.44. The van der Waals surface area contributed by atoms with Crippen LogP contribution in [0.5, 0.6) is 0 Å². The maximum Gasteiger partial charge on any atom is 0.240 e. The van der Waals surface area contributed by atoms with Crippen molar-refractivity contribution >= 4 is 15.7 Å². The van der Waals surface area contributed by atoms with Gasteiger partial charge in [-0.15, -0.1) is 0 Å². The van der Waals surface area contributed by atoms with Crippen molar-refractivity contribution in [2.45, 2.75) is 38.0 Å². The Labute approximate surface area is 121 Å². The van der Waals surface area contributed by atoms with Crippen molar-refractivity contribution in [3.8, 4) is 0 Å². The fraction of sp³-hybridized carbons (Fsp3) is 0.571. The molecule has 4 N–H and O–H groups in total. The van der Waals surface area contributed by atoms with Crippen molar-refractivity contribution in [2.24, 2.45) is 5.92 Å². The SMILES string of the molecule is CCc1ccc(N)cc1S(=O)(=O)NCC(CC)CCO. The maximum atomic E-state index is 12.4. The van der Waals surface area contributed by atoms with Gasteiger partial charge in [0, 0.05) is 18.8 Å². The van der Waals surface area contributed by atoms with Crippen LogP contribution in [0.25, 0.3) is 0 Å². The van der Waals surface area contributed by atoms with Gasteiger partial charge >= 0.3 is 0 Å². The standard InChI is InChI=1S/C14H24N2O3S/c1-3-11(7-8-17)10-16-20(18,19)14-9-13(15)6-5-12(14)4-2/h5-6,9,11,16-17H,3-4,7-8,10,15H2,1-2H3. The lowest BCUT2D eigenvalue weighted by Crippen LogP contribution is -2.30. The Hall–Kier alpha value is -1.11. The van der Waals surface area contributed by atoms with Crippen LogP contribution in [0.15, 0.2) is 23.1 Å². The molecule has 0 aliphatic carbocycles. The van der Waals surface area contributed by atoms with Crippen LogP contribution < -0.4 is 10.5 Å². The lowest BCUT2D eigenvalue weighted by atomic mass is 10.0. The molecule has 0 bridgehead atoms. The zero-order valence-corrected chi connectivity index (χ0v) is 12.9. The van der Waals surface area contributed by atoms with Crippen LogP contribution in [0.3, 0.4) is 0 Å². The summed E-state index contributed by atoms with van der Waals surface area (Å²) < 4.78 is 27.3. The summed E-state index contributed by atoms with van der Waals surface area (Å²) in [5.41, 5.74) is 6.87. The van der Waals surface area contributed by atoms with Gasteiger partial charge in [0.25, 0.3) is 0 Å². The van der Waals surface area contributed by atoms with Crippen LogP contribution in [0, 0.1) is 5.92 Å². The van der Waals surface area contributed by atoms with E-state index < -0.39 is 10.0 Å². The van der Waals surface area contributed by atoms with E-state index in [2.05, 4.69) is 4.72 Å². The number of hydrogen-bond donors (Lipinski definition) is 3. The van der Waals surface area contributed by atoms with Crippen LogP contribution in [0.1, 0.15) is 32.3 Å². The fourth-order valence-corrected chi connectivity index (χ4v) is 3.51. The average Bonchev–Trinajstić information content (AvgIpc) is 2.43. The second-order valence-corrected chi connectivity index (χ2v) is 6.59. The average molecular weight is 300 g/mol. The molecule has 5 nitrogen and oxygen atoms in total. The highest BCUT2D eigenvalue weighted by atomic mass is 32.2. The summed E-state index contributed by atoms with van der Waals surface area (Å²) in [6.07, 6.45) is 2.04. The van der Waals surface area contributed by atoms with Gasteiger partial charge in [-0.25, -0.2) is 13.1 Å². The van der Waals surface area contributed by atoms with Gasteiger partial charge in [-0.1, -0.05) is 26.3 Å². The second kappa shape index (κ2) is 7.61. The third-order valence-corrected chi connectivity index (χ3v) is 4.94. The van der Waals surface area contributed by atoms with Gasteiger partial charge in [0.05, 0.1) is 4.90 Å². The van der Waals surface area contributed by atoms with Gasteiger partial charge in [-0.2, -0.15) is 0 Å². The van der Waals surface area contributed by atoms with Crippen molar-refractivity contribution in [1.29, 1.82) is 0 Å². The summed E-state index contributed by atoms with van der Waals surface area (Å²) in [6.45, 7) is 4.29. The highest BCUT2D eigenvalue weighted by molar-refractivity contribution is 7.89. The predicted molar refractivity (Wildman–Crippen MR) is 80.9 cm³/mol. The van der Waals surface area contributed by atoms with Crippen LogP contribution in [0.4, 0.5) is 5.69 Å². The van der Waals surface area contributed by atoms with Crippen molar-refractivity contribution in [1.82, 2.24) is 4.72 Å². The maximum absolute atomic E-state index is 12.4. The smallest absolute Gasteiger partial charge is 0.240 e. The third kappa shape index (κ3) is 4.47. The van der Waals surface area contributed by atoms with Gasteiger partial charge in [0.15, 0.2) is 0 Å². The van der Waals surface area contributed by atoms with Crippen molar-refractivity contribution in [3.63, 3.8) is 0 Å². The summed E-state index contributed by atoms with van der Waals surface area (Å²) >= 11 is 0. The first-order valence-electron chi connectivity index (χ1n) is 6.93. The van der Waals surface area contributed by atoms with E-state index in [4.69, 9.17) is 10.8 Å². The van der Waals surface area contributed by atoms with Gasteiger partial charge in [-0.05, 0) is 36.5 Å². The topological polar surface area (TPSA) is 92.4 Å². The second-order valence-electron chi connectivity index (χ2n) is 4.86. The Bertz CT molecular complexity index is 529. The molecule has 1 rings (SSSR count). The Balaban J connectivity index is 2.91. The van der Waals surface area contributed by atoms with Gasteiger partial charge in [0.1, 0.15) is 0 Å². The molecule has 0 saturated heterocycles. The molecule has 1 aromatic rings. The van der Waals surface area contributed by atoms with Gasteiger partial charge < -0.3 is 10.8 Å². The van der Waals surface area contributed by atoms with E-state index in [0.29, 0.717) is 25.1 Å². The first kappa shape index (κ1) is 16.9. The zero-order valence-electron chi connectivity index (χ0n) is 12.1. The largest absolute Gasteiger partial charge is 0.399 e. The Morgan fingerprint density at radius 1 is 1.35 bits per heavy atom. The summed E-state index contributed by atoms with van der Waals surface area (Å²) in [4.78, 5) is 0.249. The summed E-state index contributed by atoms with van der Waals surface area (Å²) in [5.74, 6) is 0.140. The number of hydrogen-bond acceptors (Lipinski definition) is 4. The van der Waals surface area contributed by atoms with E-state index in [9.17, 15) is 8.42 Å². The predicted octanol–water partition coefficient (Wildman–Crippen LogP) is 1.52. The van der Waals surface area contributed by atoms with Gasteiger partial charge in [-0.3, -0.25) is 0 Å². The van der Waals surface area contributed by atoms with Gasteiger partial charge in [0.2, 0.25) is 10.0 Å². The lowest BCUT2D eigenvalue weighted by molar-refractivity contribution is 0.254. The van der Waals surface area contributed by atoms with Crippen molar-refractivity contribution < 1.29 is 13.5 Å². The summed E-state index contributed by atoms with van der Waals surface area (Å²) in [7, 11) is -3.56. The molecule has 0 saturated carbocycles. The molecule has 20 heavy (non-hydrogen) atoms. The van der Waals surface area contributed by atoms with Crippen LogP contribution in [-0.4, -0.2) is 26.7 Å². The fourth-order valence-electron chi connectivity index (χ4n) is 2.05. The van der Waals surface area contributed by atoms with E-state index in [1.165, 1.54) is 6.07 Å². The number of benzene rings is 1. The molecule has 0 aliphatic rings. The lowest BCUT2D eigenvalue weighted by Gasteiger charge is -2.16. The number of anilines is 1. The normalized spacial score (nSPS) is 13.3. The minimum absolute atomic E-state index is 0.0682. The van der Waals surface area contributed by atoms with E-state index in [-0.39, 0.29) is 17.4 Å². The van der Waals surface area contributed by atoms with Crippen LogP contribution in [0.2, 0.25) is 0 Å². The van der Waals surface area contributed by atoms with E-state index in [1.54, 1.807) is 12.1 Å². The molecular formula is C14H24N2O3S. The molecule has 6 heteroatoms. The number of aliphatic hydroxyl groups is 1. The summed E-state index contributed by atoms with van der Waals surface area (Å²) in [5, 5.41) is 8.94. The molecule has 0 aromatic heterocycles. The molecule has 0 amide bonds. The minimum Gasteiger partial charge on any atom is -0.399 e. The number of nitrogens with two attached hydrogens (primary N) is 1. The highest BCUT2D eigenvalue weighted by Crippen LogP contribution is 2.20. The first-order chi connectivity index (χ1) is 9.44. The number of sulfonamides is 1. The van der Waals surface area contributed by atoms with E-state index in [0.717, 1.165) is 12.0 Å². The zero-order chi connectivity index (χ0) is 15.2. The van der Waals surface area contributed by atoms with E-state index in [1.807, 2.05) is 13.8 Å². The monoisotopic (exact) mass is 300 g/mol. The minimum atomic E-state index is -3.56. The first-order valence-corrected chi connectivity index (χ1v) is 8.41. The molecule has 114 valence electrons. The highest BCUT2D eigenvalue weighted by Gasteiger charge is 2.19. The Kier molecular flexibility index (Phi) is 6.45. The number of nitrogens with one attached hydrogen (secondary N) is 1. The molecule has 1 atom stereocenters.